The molecule has 0 aromatic heterocycles. The van der Waals surface area contributed by atoms with Crippen molar-refractivity contribution in [3.63, 3.8) is 0 Å². The Hall–Kier alpha value is 0.557. The molecule has 1 nitrogen and oxygen atoms in total. The van der Waals surface area contributed by atoms with Crippen molar-refractivity contribution < 1.29 is 20.3 Å². The summed E-state index contributed by atoms with van der Waals surface area (Å²) in [5.41, 5.74) is 0. The summed E-state index contributed by atoms with van der Waals surface area (Å²) in [6.45, 7) is 6.72. The summed E-state index contributed by atoms with van der Waals surface area (Å²) in [7, 11) is 0. The molecule has 0 bridgehead atoms. The number of hydrogen-bond donors (Lipinski definition) is 1. The van der Waals surface area contributed by atoms with Crippen molar-refractivity contribution in [2.24, 2.45) is 0 Å². The van der Waals surface area contributed by atoms with Gasteiger partial charge < -0.3 is 6.74 Å². The fraction of sp³-hybridized carbons (Fsp3) is 1.00. The number of nitrogens with one attached hydrogen (secondary N) is 1. The van der Waals surface area contributed by atoms with E-state index in [0.29, 0.717) is 0 Å². The van der Waals surface area contributed by atoms with Crippen LogP contribution in [0.4, 0.5) is 0 Å². The van der Waals surface area contributed by atoms with E-state index in [-0.39, 0.29) is 20.3 Å². The van der Waals surface area contributed by atoms with Crippen LogP contribution in [0.1, 0.15) is 28.1 Å². The van der Waals surface area contributed by atoms with E-state index in [4.69, 9.17) is 0 Å². The molecule has 0 unspecified atom stereocenters. The largest absolute Gasteiger partial charge is 1.00 e. The average molecular weight is 109 g/mol. The molecule has 0 aliphatic carbocycles. The molecule has 0 radical (unpaired) electrons. The zero-order chi connectivity index (χ0) is 5.54. The van der Waals surface area contributed by atoms with Crippen LogP contribution in [-0.4, -0.2) is 13.1 Å². The average Bonchev–Trinajstić information content (AvgIpc) is 1.69. The maximum Gasteiger partial charge on any atom is 1.00 e. The van der Waals surface area contributed by atoms with Crippen LogP contribution in [0.2, 0.25) is 0 Å². The third-order valence-corrected chi connectivity index (χ3v) is 0.854. The van der Waals surface area contributed by atoms with Gasteiger partial charge in [-0.2, -0.15) is 0 Å². The van der Waals surface area contributed by atoms with E-state index in [2.05, 4.69) is 19.2 Å². The molecule has 0 aromatic rings. The first-order valence-corrected chi connectivity index (χ1v) is 3.12. The summed E-state index contributed by atoms with van der Waals surface area (Å²) in [6.07, 6.45) is 2.50. The monoisotopic (exact) mass is 109 g/mol. The van der Waals surface area contributed by atoms with Gasteiger partial charge in [0.15, 0.2) is 0 Å². The fourth-order valence-corrected chi connectivity index (χ4v) is 0.479. The summed E-state index contributed by atoms with van der Waals surface area (Å²) in [6, 6.07) is 0. The molecule has 46 valence electrons. The molecular weight excluding hydrogens is 93.0 g/mol. The molecule has 0 aromatic carbocycles. The Morgan fingerprint density at radius 2 is 1.50 bits per heavy atom. The second kappa shape index (κ2) is 10.5. The van der Waals surface area contributed by atoms with Gasteiger partial charge in [-0.1, -0.05) is 13.8 Å². The fourth-order valence-electron chi connectivity index (χ4n) is 0.479. The van der Waals surface area contributed by atoms with E-state index < -0.39 is 0 Å². The molecule has 0 aliphatic rings. The molecule has 0 saturated carbocycles. The number of rotatable bonds is 4. The standard InChI is InChI=1S/C6H15N.Li.H/c1-3-5-7-6-4-2;;/h7H,3-6H2,1-2H3;;/q;+1;-1. The van der Waals surface area contributed by atoms with Crippen molar-refractivity contribution in [2.75, 3.05) is 13.1 Å². The Morgan fingerprint density at radius 1 is 1.12 bits per heavy atom. The zero-order valence-corrected chi connectivity index (χ0v) is 6.33. The first-order valence-electron chi connectivity index (χ1n) is 3.12. The van der Waals surface area contributed by atoms with Crippen molar-refractivity contribution >= 4 is 0 Å². The van der Waals surface area contributed by atoms with Crippen molar-refractivity contribution in [1.29, 1.82) is 0 Å². The molecule has 2 heteroatoms. The summed E-state index contributed by atoms with van der Waals surface area (Å²) >= 11 is 0. The van der Waals surface area contributed by atoms with Gasteiger partial charge in [-0.15, -0.1) is 0 Å². The van der Waals surface area contributed by atoms with Crippen molar-refractivity contribution in [1.82, 2.24) is 5.32 Å². The predicted molar refractivity (Wildman–Crippen MR) is 34.6 cm³/mol. The molecule has 0 fully saturated rings. The first kappa shape index (κ1) is 11.4. The van der Waals surface area contributed by atoms with Gasteiger partial charge >= 0.3 is 18.9 Å². The Bertz CT molecular complexity index is 32.2. The van der Waals surface area contributed by atoms with Gasteiger partial charge in [-0.25, -0.2) is 0 Å². The summed E-state index contributed by atoms with van der Waals surface area (Å²) in [5, 5.41) is 3.28. The van der Waals surface area contributed by atoms with Gasteiger partial charge in [0.25, 0.3) is 0 Å². The molecule has 0 saturated heterocycles. The minimum atomic E-state index is 0. The van der Waals surface area contributed by atoms with Crippen molar-refractivity contribution in [3.05, 3.63) is 0 Å². The van der Waals surface area contributed by atoms with Crippen molar-refractivity contribution in [2.45, 2.75) is 26.7 Å². The van der Waals surface area contributed by atoms with Crippen molar-refractivity contribution in [3.8, 4) is 0 Å². The Morgan fingerprint density at radius 3 is 1.75 bits per heavy atom. The molecule has 0 spiro atoms. The van der Waals surface area contributed by atoms with Crippen LogP contribution < -0.4 is 24.2 Å². The smallest absolute Gasteiger partial charge is 1.00 e. The van der Waals surface area contributed by atoms with Gasteiger partial charge in [0.2, 0.25) is 0 Å². The summed E-state index contributed by atoms with van der Waals surface area (Å²) < 4.78 is 0. The van der Waals surface area contributed by atoms with Gasteiger partial charge in [-0.05, 0) is 25.9 Å². The second-order valence-electron chi connectivity index (χ2n) is 1.75. The van der Waals surface area contributed by atoms with E-state index in [1.165, 1.54) is 25.9 Å². The van der Waals surface area contributed by atoms with E-state index >= 15 is 0 Å². The Balaban J connectivity index is -0.000000180. The van der Waals surface area contributed by atoms with Crippen LogP contribution in [0, 0.1) is 0 Å². The van der Waals surface area contributed by atoms with Crippen LogP contribution in [0.15, 0.2) is 0 Å². The molecule has 1 N–H and O–H groups in total. The van der Waals surface area contributed by atoms with Crippen LogP contribution in [0.3, 0.4) is 0 Å². The maximum atomic E-state index is 3.28. The van der Waals surface area contributed by atoms with Crippen LogP contribution in [0.25, 0.3) is 0 Å². The molecular formula is C6H16LiN. The van der Waals surface area contributed by atoms with Gasteiger partial charge in [0.05, 0.1) is 0 Å². The predicted octanol–water partition coefficient (Wildman–Crippen LogP) is -1.49. The normalized spacial score (nSPS) is 8.25. The second-order valence-corrected chi connectivity index (χ2v) is 1.75. The molecule has 0 heterocycles. The van der Waals surface area contributed by atoms with Crippen LogP contribution in [-0.2, 0) is 0 Å². The number of hydrogen-bond acceptors (Lipinski definition) is 1. The van der Waals surface area contributed by atoms with Crippen LogP contribution >= 0.6 is 0 Å². The van der Waals surface area contributed by atoms with Gasteiger partial charge in [-0.3, -0.25) is 0 Å². The topological polar surface area (TPSA) is 12.0 Å². The summed E-state index contributed by atoms with van der Waals surface area (Å²) in [4.78, 5) is 0. The van der Waals surface area contributed by atoms with E-state index in [1.54, 1.807) is 0 Å². The minimum absolute atomic E-state index is 0. The zero-order valence-electron chi connectivity index (χ0n) is 7.33. The third kappa shape index (κ3) is 9.75. The maximum absolute atomic E-state index is 3.28. The van der Waals surface area contributed by atoms with Gasteiger partial charge in [0, 0.05) is 0 Å². The SMILES string of the molecule is CCCNCCC.[H-].[Li+]. The van der Waals surface area contributed by atoms with E-state index in [1.807, 2.05) is 0 Å². The molecule has 0 rings (SSSR count). The Labute approximate surface area is 65.9 Å². The summed E-state index contributed by atoms with van der Waals surface area (Å²) in [5.74, 6) is 0. The van der Waals surface area contributed by atoms with Crippen LogP contribution in [0.5, 0.6) is 0 Å². The van der Waals surface area contributed by atoms with Gasteiger partial charge in [0.1, 0.15) is 0 Å². The molecule has 0 aliphatic heterocycles. The molecule has 0 amide bonds. The molecule has 0 atom stereocenters. The third-order valence-electron chi connectivity index (χ3n) is 0.854. The van der Waals surface area contributed by atoms with E-state index in [0.717, 1.165) is 0 Å². The quantitative estimate of drug-likeness (QED) is 0.343. The minimum Gasteiger partial charge on any atom is -1.00 e. The molecule has 8 heavy (non-hydrogen) atoms. The Kier molecular flexibility index (Phi) is 14.9. The van der Waals surface area contributed by atoms with E-state index in [9.17, 15) is 0 Å². The first-order chi connectivity index (χ1) is 3.41.